The average molecular weight is 577 g/mol. The van der Waals surface area contributed by atoms with Crippen LogP contribution >= 0.6 is 0 Å². The number of carbonyl (C=O) groups is 1. The van der Waals surface area contributed by atoms with E-state index in [9.17, 15) is 23.4 Å². The third kappa shape index (κ3) is 6.67. The van der Waals surface area contributed by atoms with Crippen LogP contribution < -0.4 is 16.4 Å². The first-order valence-corrected chi connectivity index (χ1v) is 14.7. The number of carbonyl (C=O) groups excluding carboxylic acids is 1. The van der Waals surface area contributed by atoms with E-state index in [-0.39, 0.29) is 30.9 Å². The molecule has 6 N–H and O–H groups in total. The van der Waals surface area contributed by atoms with Crippen molar-refractivity contribution < 1.29 is 28.2 Å². The third-order valence-corrected chi connectivity index (χ3v) is 8.00. The summed E-state index contributed by atoms with van der Waals surface area (Å²) in [5, 5.41) is 26.8. The zero-order valence-electron chi connectivity index (χ0n) is 22.9. The molecular formula is C25H36N8O6S. The van der Waals surface area contributed by atoms with Gasteiger partial charge in [0.15, 0.2) is 17.7 Å². The highest BCUT2D eigenvalue weighted by molar-refractivity contribution is 7.88. The van der Waals surface area contributed by atoms with Gasteiger partial charge in [-0.15, -0.1) is 0 Å². The molecule has 1 aliphatic heterocycles. The molecule has 0 spiro atoms. The Hall–Kier alpha value is -3.37. The largest absolute Gasteiger partial charge is 0.387 e. The molecule has 1 aliphatic rings. The Morgan fingerprint density at radius 1 is 1.15 bits per heavy atom. The quantitative estimate of drug-likeness (QED) is 0.227. The molecule has 40 heavy (non-hydrogen) atoms. The molecule has 218 valence electrons. The molecule has 0 aliphatic carbocycles. The van der Waals surface area contributed by atoms with Crippen molar-refractivity contribution in [3.8, 4) is 0 Å². The highest BCUT2D eigenvalue weighted by atomic mass is 32.2. The summed E-state index contributed by atoms with van der Waals surface area (Å²) in [4.78, 5) is 24.4. The monoisotopic (exact) mass is 576 g/mol. The molecule has 2 amide bonds. The van der Waals surface area contributed by atoms with Crippen molar-refractivity contribution in [2.45, 2.75) is 57.1 Å². The van der Waals surface area contributed by atoms with Crippen molar-refractivity contribution in [3.05, 3.63) is 42.5 Å². The highest BCUT2D eigenvalue weighted by Crippen LogP contribution is 2.32. The van der Waals surface area contributed by atoms with E-state index in [1.807, 2.05) is 24.3 Å². The molecule has 1 aromatic carbocycles. The van der Waals surface area contributed by atoms with Crippen LogP contribution in [0.2, 0.25) is 0 Å². The molecule has 4 atom stereocenters. The molecule has 3 aromatic rings. The number of hydrogen-bond acceptors (Lipinski definition) is 10. The van der Waals surface area contributed by atoms with Gasteiger partial charge in [0.1, 0.15) is 30.2 Å². The number of imidazole rings is 1. The summed E-state index contributed by atoms with van der Waals surface area (Å²) in [5.74, 6) is 0.150. The smallest absolute Gasteiger partial charge is 0.319 e. The molecule has 0 radical (unpaired) electrons. The second-order valence-corrected chi connectivity index (χ2v) is 12.8. The van der Waals surface area contributed by atoms with Gasteiger partial charge in [-0.05, 0) is 29.5 Å². The van der Waals surface area contributed by atoms with Crippen LogP contribution in [0.4, 0.5) is 16.3 Å². The number of benzene rings is 1. The average Bonchev–Trinajstić information content (AvgIpc) is 3.42. The first kappa shape index (κ1) is 29.6. The van der Waals surface area contributed by atoms with Gasteiger partial charge in [0.05, 0.1) is 12.6 Å². The molecule has 0 saturated carbocycles. The molecule has 0 bridgehead atoms. The van der Waals surface area contributed by atoms with Crippen LogP contribution in [0.5, 0.6) is 0 Å². The van der Waals surface area contributed by atoms with Gasteiger partial charge in [-0.2, -0.15) is 4.31 Å². The normalized spacial score (nSPS) is 21.7. The zero-order valence-corrected chi connectivity index (χ0v) is 23.7. The lowest BCUT2D eigenvalue weighted by molar-refractivity contribution is -0.0386. The summed E-state index contributed by atoms with van der Waals surface area (Å²) in [7, 11) is -3.69. The SMILES string of the molecule is CC(C)(C)c1ccc(NC(=O)NCCCN(CC2OC(n3cnc4c(N)ncnc43)C(O)C2O)S(C)(=O)=O)cc1. The maximum absolute atomic E-state index is 12.5. The van der Waals surface area contributed by atoms with E-state index in [1.165, 1.54) is 17.2 Å². The molecule has 14 nitrogen and oxygen atoms in total. The fourth-order valence-corrected chi connectivity index (χ4v) is 5.32. The van der Waals surface area contributed by atoms with Gasteiger partial charge in [0.2, 0.25) is 10.0 Å². The molecule has 15 heteroatoms. The summed E-state index contributed by atoms with van der Waals surface area (Å²) in [6.07, 6.45) is -0.881. The Morgan fingerprint density at radius 3 is 2.50 bits per heavy atom. The number of nitrogens with two attached hydrogens (primary N) is 1. The van der Waals surface area contributed by atoms with Crippen molar-refractivity contribution in [2.24, 2.45) is 0 Å². The van der Waals surface area contributed by atoms with Gasteiger partial charge in [-0.1, -0.05) is 32.9 Å². The number of sulfonamides is 1. The Morgan fingerprint density at radius 2 is 1.85 bits per heavy atom. The number of aliphatic hydroxyl groups is 2. The van der Waals surface area contributed by atoms with Gasteiger partial charge in [-0.25, -0.2) is 28.2 Å². The number of aliphatic hydroxyl groups excluding tert-OH is 2. The molecular weight excluding hydrogens is 540 g/mol. The second kappa shape index (κ2) is 11.6. The van der Waals surface area contributed by atoms with Crippen molar-refractivity contribution in [1.29, 1.82) is 0 Å². The number of nitrogens with one attached hydrogen (secondary N) is 2. The Labute approximate surface area is 232 Å². The van der Waals surface area contributed by atoms with Gasteiger partial charge in [0, 0.05) is 25.3 Å². The molecule has 3 heterocycles. The fraction of sp³-hybridized carbons (Fsp3) is 0.520. The van der Waals surface area contributed by atoms with Gasteiger partial charge < -0.3 is 31.3 Å². The summed E-state index contributed by atoms with van der Waals surface area (Å²) < 4.78 is 33.4. The zero-order chi connectivity index (χ0) is 29.2. The van der Waals surface area contributed by atoms with E-state index in [2.05, 4.69) is 46.4 Å². The number of nitrogens with zero attached hydrogens (tertiary/aromatic N) is 5. The van der Waals surface area contributed by atoms with Crippen LogP contribution in [0.15, 0.2) is 36.9 Å². The summed E-state index contributed by atoms with van der Waals surface area (Å²) in [6, 6.07) is 7.16. The number of anilines is 2. The standard InChI is InChI=1S/C25H36N8O6S/c1-25(2,3)15-6-8-16(9-7-15)31-24(36)27-10-5-11-32(40(4,37)38)12-17-19(34)20(35)23(39-17)33-14-30-18-21(26)28-13-29-22(18)33/h6-9,13-14,17,19-20,23,34-35H,5,10-12H2,1-4H3,(H2,26,28,29)(H2,27,31,36). The van der Waals surface area contributed by atoms with E-state index in [0.29, 0.717) is 23.3 Å². The number of ether oxygens (including phenoxy) is 1. The lowest BCUT2D eigenvalue weighted by Gasteiger charge is -2.24. The van der Waals surface area contributed by atoms with Crippen molar-refractivity contribution in [2.75, 3.05) is 36.9 Å². The van der Waals surface area contributed by atoms with E-state index in [0.717, 1.165) is 16.1 Å². The van der Waals surface area contributed by atoms with E-state index in [4.69, 9.17) is 10.5 Å². The second-order valence-electron chi connectivity index (χ2n) is 10.8. The molecule has 4 unspecified atom stereocenters. The van der Waals surface area contributed by atoms with Crippen molar-refractivity contribution in [1.82, 2.24) is 29.1 Å². The Bertz CT molecular complexity index is 1440. The van der Waals surface area contributed by atoms with Crippen molar-refractivity contribution in [3.63, 3.8) is 0 Å². The minimum Gasteiger partial charge on any atom is -0.387 e. The lowest BCUT2D eigenvalue weighted by Crippen LogP contribution is -2.43. The van der Waals surface area contributed by atoms with Crippen molar-refractivity contribution >= 4 is 38.7 Å². The van der Waals surface area contributed by atoms with E-state index in [1.54, 1.807) is 0 Å². The number of aromatic nitrogens is 4. The van der Waals surface area contributed by atoms with Crippen LogP contribution in [0.3, 0.4) is 0 Å². The van der Waals surface area contributed by atoms with Gasteiger partial charge in [0.25, 0.3) is 0 Å². The van der Waals surface area contributed by atoms with Crippen LogP contribution in [0.25, 0.3) is 11.2 Å². The summed E-state index contributed by atoms with van der Waals surface area (Å²) >= 11 is 0. The fourth-order valence-electron chi connectivity index (χ4n) is 4.45. The third-order valence-electron chi connectivity index (χ3n) is 6.73. The first-order chi connectivity index (χ1) is 18.8. The predicted octanol–water partition coefficient (Wildman–Crippen LogP) is 0.799. The van der Waals surface area contributed by atoms with E-state index < -0.39 is 40.6 Å². The Balaban J connectivity index is 1.31. The first-order valence-electron chi connectivity index (χ1n) is 12.8. The summed E-state index contributed by atoms with van der Waals surface area (Å²) in [5.41, 5.74) is 8.23. The number of urea groups is 1. The molecule has 4 rings (SSSR count). The van der Waals surface area contributed by atoms with E-state index >= 15 is 0 Å². The number of amides is 2. The molecule has 1 saturated heterocycles. The van der Waals surface area contributed by atoms with Crippen LogP contribution in [0, 0.1) is 0 Å². The van der Waals surface area contributed by atoms with Gasteiger partial charge in [-0.3, -0.25) is 4.57 Å². The Kier molecular flexibility index (Phi) is 8.60. The minimum atomic E-state index is -3.69. The van der Waals surface area contributed by atoms with Crippen LogP contribution in [-0.2, 0) is 20.2 Å². The number of fused-ring (bicyclic) bond motifs is 1. The van der Waals surface area contributed by atoms with Gasteiger partial charge >= 0.3 is 6.03 Å². The maximum Gasteiger partial charge on any atom is 0.319 e. The topological polar surface area (TPSA) is 198 Å². The number of hydrogen-bond donors (Lipinski definition) is 5. The number of nitrogen functional groups attached to an aromatic ring is 1. The lowest BCUT2D eigenvalue weighted by atomic mass is 9.87. The van der Waals surface area contributed by atoms with Crippen LogP contribution in [0.1, 0.15) is 39.0 Å². The maximum atomic E-state index is 12.5. The number of rotatable bonds is 9. The predicted molar refractivity (Wildman–Crippen MR) is 149 cm³/mol. The summed E-state index contributed by atoms with van der Waals surface area (Å²) in [6.45, 7) is 6.38. The van der Waals surface area contributed by atoms with Crippen LogP contribution in [-0.4, -0.2) is 92.7 Å². The molecule has 1 fully saturated rings. The molecule has 2 aromatic heterocycles. The minimum absolute atomic E-state index is 0.00218. The highest BCUT2D eigenvalue weighted by Gasteiger charge is 2.45.